The maximum absolute atomic E-state index is 13.3. The summed E-state index contributed by atoms with van der Waals surface area (Å²) in [7, 11) is 0. The van der Waals surface area contributed by atoms with E-state index in [1.165, 1.54) is 0 Å². The van der Waals surface area contributed by atoms with Crippen LogP contribution in [0.15, 0.2) is 42.5 Å². The fourth-order valence-electron chi connectivity index (χ4n) is 5.35. The largest absolute Gasteiger partial charge is 0.486 e. The minimum Gasteiger partial charge on any atom is -0.486 e. The summed E-state index contributed by atoms with van der Waals surface area (Å²) in [4.78, 5) is 42.4. The van der Waals surface area contributed by atoms with Crippen molar-refractivity contribution in [3.05, 3.63) is 53.6 Å². The number of nitrogens with one attached hydrogen (secondary N) is 1. The maximum atomic E-state index is 13.3. The number of hydrogen-bond acceptors (Lipinski definition) is 5. The van der Waals surface area contributed by atoms with Crippen LogP contribution in [0, 0.1) is 0 Å². The Hall–Kier alpha value is -3.55. The summed E-state index contributed by atoms with van der Waals surface area (Å²) >= 11 is 0. The van der Waals surface area contributed by atoms with Crippen molar-refractivity contribution in [2.24, 2.45) is 0 Å². The fourth-order valence-corrected chi connectivity index (χ4v) is 5.35. The molecule has 8 nitrogen and oxygen atoms in total. The van der Waals surface area contributed by atoms with E-state index in [0.29, 0.717) is 61.8 Å². The first-order chi connectivity index (χ1) is 16.7. The van der Waals surface area contributed by atoms with Crippen molar-refractivity contribution < 1.29 is 23.9 Å². The van der Waals surface area contributed by atoms with Gasteiger partial charge in [-0.1, -0.05) is 18.2 Å². The highest BCUT2D eigenvalue weighted by atomic mass is 16.6. The van der Waals surface area contributed by atoms with Crippen LogP contribution in [0.5, 0.6) is 11.5 Å². The van der Waals surface area contributed by atoms with Crippen LogP contribution in [0.1, 0.15) is 62.4 Å². The minimum absolute atomic E-state index is 0.0244. The summed E-state index contributed by atoms with van der Waals surface area (Å²) in [5.41, 5.74) is 0.823. The zero-order valence-electron chi connectivity index (χ0n) is 20.4. The van der Waals surface area contributed by atoms with Crippen LogP contribution in [-0.4, -0.2) is 48.0 Å². The molecule has 1 atom stereocenters. The summed E-state index contributed by atoms with van der Waals surface area (Å²) < 4.78 is 11.3. The van der Waals surface area contributed by atoms with Gasteiger partial charge in [0.25, 0.3) is 5.91 Å². The van der Waals surface area contributed by atoms with Crippen molar-refractivity contribution in [1.29, 1.82) is 0 Å². The lowest BCUT2D eigenvalue weighted by Crippen LogP contribution is -2.62. The first-order valence-electron chi connectivity index (χ1n) is 12.2. The van der Waals surface area contributed by atoms with Gasteiger partial charge < -0.3 is 19.7 Å². The molecular weight excluding hydrogens is 446 g/mol. The molecule has 0 saturated carbocycles. The standard InChI is InChI=1S/C27H31N3O5/c1-26(2,18-10-11-21-22(17-18)35-16-15-34-21)28-23(31)9-6-14-29-25(33)19-7-4-5-8-20(19)30-24(32)12-13-27(29,30)3/h4-5,7-8,10-11,17H,6,9,12-16H2,1-3H3,(H,28,31). The number of nitrogens with zero attached hydrogens (tertiary/aromatic N) is 2. The van der Waals surface area contributed by atoms with Crippen molar-refractivity contribution in [1.82, 2.24) is 10.2 Å². The normalized spacial score (nSPS) is 21.0. The Morgan fingerprint density at radius 2 is 1.83 bits per heavy atom. The maximum Gasteiger partial charge on any atom is 0.257 e. The molecule has 2 aromatic rings. The van der Waals surface area contributed by atoms with Crippen molar-refractivity contribution in [2.45, 2.75) is 57.7 Å². The average Bonchev–Trinajstić information content (AvgIpc) is 3.15. The predicted molar refractivity (Wildman–Crippen MR) is 130 cm³/mol. The van der Waals surface area contributed by atoms with Crippen molar-refractivity contribution >= 4 is 23.4 Å². The topological polar surface area (TPSA) is 88.2 Å². The van der Waals surface area contributed by atoms with Crippen LogP contribution < -0.4 is 19.7 Å². The predicted octanol–water partition coefficient (Wildman–Crippen LogP) is 3.59. The first kappa shape index (κ1) is 23.2. The highest BCUT2D eigenvalue weighted by Crippen LogP contribution is 2.44. The zero-order valence-corrected chi connectivity index (χ0v) is 20.4. The zero-order chi connectivity index (χ0) is 24.8. The van der Waals surface area contributed by atoms with Gasteiger partial charge in [0.05, 0.1) is 16.8 Å². The molecule has 0 radical (unpaired) electrons. The number of benzene rings is 2. The SMILES string of the molecule is CC(C)(NC(=O)CCCN1C(=O)c2ccccc2N2C(=O)CCC12C)c1ccc2c(c1)OCCO2. The third kappa shape index (κ3) is 4.00. The quantitative estimate of drug-likeness (QED) is 0.687. The third-order valence-corrected chi connectivity index (χ3v) is 7.25. The molecule has 1 N–H and O–H groups in total. The van der Waals surface area contributed by atoms with Crippen molar-refractivity contribution in [2.75, 3.05) is 24.7 Å². The Balaban J connectivity index is 1.24. The summed E-state index contributed by atoms with van der Waals surface area (Å²) in [6.07, 6.45) is 1.74. The summed E-state index contributed by atoms with van der Waals surface area (Å²) in [6, 6.07) is 13.0. The number of anilines is 1. The van der Waals surface area contributed by atoms with E-state index in [-0.39, 0.29) is 24.1 Å². The van der Waals surface area contributed by atoms with Crippen LogP contribution in [0.3, 0.4) is 0 Å². The van der Waals surface area contributed by atoms with Gasteiger partial charge in [-0.25, -0.2) is 0 Å². The molecule has 3 aliphatic rings. The van der Waals surface area contributed by atoms with Crippen LogP contribution in [0.25, 0.3) is 0 Å². The lowest BCUT2D eigenvalue weighted by Gasteiger charge is -2.48. The molecule has 5 rings (SSSR count). The molecule has 0 aliphatic carbocycles. The van der Waals surface area contributed by atoms with E-state index in [0.717, 1.165) is 5.56 Å². The Morgan fingerprint density at radius 1 is 1.09 bits per heavy atom. The second kappa shape index (κ2) is 8.59. The number of para-hydroxylation sites is 1. The number of carbonyl (C=O) groups excluding carboxylic acids is 3. The van der Waals surface area contributed by atoms with Gasteiger partial charge >= 0.3 is 0 Å². The molecule has 3 heterocycles. The number of rotatable bonds is 6. The van der Waals surface area contributed by atoms with Crippen molar-refractivity contribution in [3.8, 4) is 11.5 Å². The Labute approximate surface area is 205 Å². The van der Waals surface area contributed by atoms with Crippen LogP contribution in [-0.2, 0) is 15.1 Å². The van der Waals surface area contributed by atoms with Crippen LogP contribution in [0.4, 0.5) is 5.69 Å². The van der Waals surface area contributed by atoms with Gasteiger partial charge in [-0.05, 0) is 63.4 Å². The molecule has 35 heavy (non-hydrogen) atoms. The van der Waals surface area contributed by atoms with Gasteiger partial charge in [0.15, 0.2) is 11.5 Å². The van der Waals surface area contributed by atoms with Gasteiger partial charge in [0.1, 0.15) is 18.9 Å². The molecule has 1 unspecified atom stereocenters. The number of amides is 3. The molecule has 8 heteroatoms. The highest BCUT2D eigenvalue weighted by Gasteiger charge is 2.52. The molecule has 0 bridgehead atoms. The second-order valence-corrected chi connectivity index (χ2v) is 10.1. The van der Waals surface area contributed by atoms with E-state index in [4.69, 9.17) is 9.47 Å². The molecule has 1 fully saturated rings. The molecule has 2 aromatic carbocycles. The smallest absolute Gasteiger partial charge is 0.257 e. The molecule has 3 aliphatic heterocycles. The van der Waals surface area contributed by atoms with Crippen molar-refractivity contribution in [3.63, 3.8) is 0 Å². The summed E-state index contributed by atoms with van der Waals surface area (Å²) in [5.74, 6) is 1.23. The minimum atomic E-state index is -0.705. The van der Waals surface area contributed by atoms with E-state index in [1.807, 2.05) is 57.2 Å². The van der Waals surface area contributed by atoms with Gasteiger partial charge in [-0.15, -0.1) is 0 Å². The number of fused-ring (bicyclic) bond motifs is 4. The van der Waals surface area contributed by atoms with E-state index in [9.17, 15) is 14.4 Å². The Morgan fingerprint density at radius 3 is 2.63 bits per heavy atom. The lowest BCUT2D eigenvalue weighted by molar-refractivity contribution is -0.123. The average molecular weight is 478 g/mol. The molecule has 0 aromatic heterocycles. The summed E-state index contributed by atoms with van der Waals surface area (Å²) in [5, 5.41) is 3.10. The lowest BCUT2D eigenvalue weighted by atomic mass is 9.93. The van der Waals surface area contributed by atoms with E-state index in [2.05, 4.69) is 5.32 Å². The van der Waals surface area contributed by atoms with Gasteiger partial charge in [0.2, 0.25) is 11.8 Å². The Kier molecular flexibility index (Phi) is 5.69. The monoisotopic (exact) mass is 477 g/mol. The Bertz CT molecular complexity index is 1190. The van der Waals surface area contributed by atoms with Gasteiger partial charge in [-0.2, -0.15) is 0 Å². The molecule has 1 saturated heterocycles. The summed E-state index contributed by atoms with van der Waals surface area (Å²) in [6.45, 7) is 7.27. The second-order valence-electron chi connectivity index (χ2n) is 10.1. The molecule has 184 valence electrons. The number of ether oxygens (including phenoxy) is 2. The van der Waals surface area contributed by atoms with Crippen LogP contribution >= 0.6 is 0 Å². The van der Waals surface area contributed by atoms with E-state index < -0.39 is 11.2 Å². The molecule has 3 amide bonds. The third-order valence-electron chi connectivity index (χ3n) is 7.25. The molecular formula is C27H31N3O5. The fraction of sp³-hybridized carbons (Fsp3) is 0.444. The van der Waals surface area contributed by atoms with Gasteiger partial charge in [0, 0.05) is 19.4 Å². The molecule has 0 spiro atoms. The van der Waals surface area contributed by atoms with Crippen LogP contribution in [0.2, 0.25) is 0 Å². The van der Waals surface area contributed by atoms with E-state index >= 15 is 0 Å². The van der Waals surface area contributed by atoms with E-state index in [1.54, 1.807) is 15.9 Å². The highest BCUT2D eigenvalue weighted by molar-refractivity contribution is 6.10. The first-order valence-corrected chi connectivity index (χ1v) is 12.2. The van der Waals surface area contributed by atoms with Gasteiger partial charge in [-0.3, -0.25) is 19.3 Å². The number of hydrogen-bond donors (Lipinski definition) is 1. The number of carbonyl (C=O) groups is 3.